The molecule has 2 aromatic heterocycles. The molecule has 1 aliphatic rings. The molecule has 1 fully saturated rings. The van der Waals surface area contributed by atoms with Crippen LogP contribution in [0.2, 0.25) is 0 Å². The zero-order valence-electron chi connectivity index (χ0n) is 14.0. The number of piperidine rings is 1. The number of rotatable bonds is 5. The van der Waals surface area contributed by atoms with E-state index < -0.39 is 23.6 Å². The molecule has 3 heterocycles. The fraction of sp³-hybridized carbons (Fsp3) is 0.471. The van der Waals surface area contributed by atoms with Gasteiger partial charge in [0.25, 0.3) is 0 Å². The molecule has 0 spiro atoms. The van der Waals surface area contributed by atoms with Gasteiger partial charge in [-0.25, -0.2) is 4.98 Å². The number of hydrogen-bond donors (Lipinski definition) is 0. The second-order valence-electron chi connectivity index (χ2n) is 6.09. The lowest BCUT2D eigenvalue weighted by atomic mass is 9.98. The van der Waals surface area contributed by atoms with Crippen molar-refractivity contribution in [3.63, 3.8) is 0 Å². The summed E-state index contributed by atoms with van der Waals surface area (Å²) in [6.45, 7) is 1.21. The first-order valence-electron chi connectivity index (χ1n) is 8.36. The highest BCUT2D eigenvalue weighted by Gasteiger charge is 2.37. The summed E-state index contributed by atoms with van der Waals surface area (Å²) in [5.74, 6) is -0.996. The van der Waals surface area contributed by atoms with Crippen LogP contribution in [0.15, 0.2) is 36.8 Å². The van der Waals surface area contributed by atoms with E-state index in [0.29, 0.717) is 25.9 Å². The number of nitrogens with zero attached hydrogens (tertiary/aromatic N) is 4. The van der Waals surface area contributed by atoms with Crippen LogP contribution in [0, 0.1) is 5.92 Å². The molecule has 6 nitrogen and oxygen atoms in total. The Hall–Kier alpha value is -2.58. The summed E-state index contributed by atoms with van der Waals surface area (Å²) < 4.78 is 46.5. The highest BCUT2D eigenvalue weighted by molar-refractivity contribution is 5.73. The number of carbonyl (C=O) groups is 1. The summed E-state index contributed by atoms with van der Waals surface area (Å²) in [5.41, 5.74) is -0.785. The van der Waals surface area contributed by atoms with Gasteiger partial charge in [0.2, 0.25) is 0 Å². The van der Waals surface area contributed by atoms with E-state index in [1.165, 1.54) is 17.2 Å². The molecule has 0 saturated carbocycles. The Morgan fingerprint density at radius 2 is 2.15 bits per heavy atom. The van der Waals surface area contributed by atoms with Crippen molar-refractivity contribution in [1.82, 2.24) is 14.8 Å². The van der Waals surface area contributed by atoms with Gasteiger partial charge in [-0.2, -0.15) is 18.3 Å². The number of halogens is 3. The van der Waals surface area contributed by atoms with Crippen LogP contribution in [-0.2, 0) is 22.3 Å². The Bertz CT molecular complexity index is 734. The molecule has 1 saturated heterocycles. The molecule has 2 aromatic rings. The molecule has 140 valence electrons. The standard InChI is InChI=1S/C17H19F3N4O2/c18-17(19,20)14-5-1-6-21-15(14)23-8-2-4-13(12-23)16(25)26-11-10-24-9-3-7-22-24/h1,3,5-7,9,13H,2,4,8,10-12H2. The normalized spacial score (nSPS) is 18.0. The third-order valence-electron chi connectivity index (χ3n) is 4.27. The van der Waals surface area contributed by atoms with Crippen molar-refractivity contribution < 1.29 is 22.7 Å². The van der Waals surface area contributed by atoms with E-state index in [1.807, 2.05) is 0 Å². The second-order valence-corrected chi connectivity index (χ2v) is 6.09. The van der Waals surface area contributed by atoms with Gasteiger partial charge in [-0.1, -0.05) is 0 Å². The fourth-order valence-corrected chi connectivity index (χ4v) is 3.02. The van der Waals surface area contributed by atoms with E-state index >= 15 is 0 Å². The maximum atomic E-state index is 13.2. The first-order valence-corrected chi connectivity index (χ1v) is 8.36. The number of ether oxygens (including phenoxy) is 1. The van der Waals surface area contributed by atoms with Crippen LogP contribution < -0.4 is 4.90 Å². The van der Waals surface area contributed by atoms with Gasteiger partial charge in [0.15, 0.2) is 0 Å². The van der Waals surface area contributed by atoms with Crippen LogP contribution in [0.1, 0.15) is 18.4 Å². The Balaban J connectivity index is 1.61. The van der Waals surface area contributed by atoms with Crippen molar-refractivity contribution in [3.8, 4) is 0 Å². The monoisotopic (exact) mass is 368 g/mol. The molecular weight excluding hydrogens is 349 g/mol. The number of anilines is 1. The van der Waals surface area contributed by atoms with Gasteiger partial charge in [0.05, 0.1) is 18.0 Å². The molecule has 0 bridgehead atoms. The Kier molecular flexibility index (Phi) is 5.43. The number of esters is 1. The number of pyridine rings is 1. The summed E-state index contributed by atoms with van der Waals surface area (Å²) in [6.07, 6.45) is 1.43. The van der Waals surface area contributed by atoms with Crippen LogP contribution in [-0.4, -0.2) is 40.4 Å². The van der Waals surface area contributed by atoms with Crippen LogP contribution >= 0.6 is 0 Å². The molecule has 1 unspecified atom stereocenters. The van der Waals surface area contributed by atoms with Crippen LogP contribution in [0.25, 0.3) is 0 Å². The summed E-state index contributed by atoms with van der Waals surface area (Å²) in [6, 6.07) is 4.04. The molecule has 3 rings (SSSR count). The predicted octanol–water partition coefficient (Wildman–Crippen LogP) is 2.76. The van der Waals surface area contributed by atoms with Crippen molar-refractivity contribution in [1.29, 1.82) is 0 Å². The van der Waals surface area contributed by atoms with Gasteiger partial charge in [0, 0.05) is 31.7 Å². The number of hydrogen-bond acceptors (Lipinski definition) is 5. The number of carbonyl (C=O) groups excluding carboxylic acids is 1. The highest BCUT2D eigenvalue weighted by atomic mass is 19.4. The smallest absolute Gasteiger partial charge is 0.419 e. The Morgan fingerprint density at radius 3 is 2.88 bits per heavy atom. The van der Waals surface area contributed by atoms with Crippen molar-refractivity contribution >= 4 is 11.8 Å². The zero-order chi connectivity index (χ0) is 18.6. The third kappa shape index (κ3) is 4.33. The average molecular weight is 368 g/mol. The van der Waals surface area contributed by atoms with Crippen molar-refractivity contribution in [3.05, 3.63) is 42.4 Å². The first-order chi connectivity index (χ1) is 12.4. The Labute approximate surface area is 148 Å². The number of aromatic nitrogens is 3. The van der Waals surface area contributed by atoms with Gasteiger partial charge in [-0.05, 0) is 31.0 Å². The number of alkyl halides is 3. The molecule has 1 aliphatic heterocycles. The van der Waals surface area contributed by atoms with E-state index in [0.717, 1.165) is 6.07 Å². The maximum Gasteiger partial charge on any atom is 0.419 e. The van der Waals surface area contributed by atoms with Gasteiger partial charge in [0.1, 0.15) is 12.4 Å². The van der Waals surface area contributed by atoms with E-state index in [-0.39, 0.29) is 19.0 Å². The topological polar surface area (TPSA) is 60.3 Å². The first kappa shape index (κ1) is 18.2. The second kappa shape index (κ2) is 7.76. The molecule has 9 heteroatoms. The van der Waals surface area contributed by atoms with Crippen LogP contribution in [0.5, 0.6) is 0 Å². The highest BCUT2D eigenvalue weighted by Crippen LogP contribution is 2.36. The van der Waals surface area contributed by atoms with Crippen LogP contribution in [0.4, 0.5) is 19.0 Å². The molecule has 0 amide bonds. The molecule has 1 atom stereocenters. The molecule has 0 N–H and O–H groups in total. The minimum absolute atomic E-state index is 0.131. The quantitative estimate of drug-likeness (QED) is 0.760. The van der Waals surface area contributed by atoms with Gasteiger partial charge in [-0.15, -0.1) is 0 Å². The van der Waals surface area contributed by atoms with Crippen molar-refractivity contribution in [2.24, 2.45) is 5.92 Å². The molecule has 26 heavy (non-hydrogen) atoms. The Morgan fingerprint density at radius 1 is 1.31 bits per heavy atom. The molecule has 0 aliphatic carbocycles. The minimum Gasteiger partial charge on any atom is -0.463 e. The van der Waals surface area contributed by atoms with E-state index in [9.17, 15) is 18.0 Å². The van der Waals surface area contributed by atoms with Crippen molar-refractivity contribution in [2.45, 2.75) is 25.6 Å². The third-order valence-corrected chi connectivity index (χ3v) is 4.27. The lowest BCUT2D eigenvalue weighted by Crippen LogP contribution is -2.41. The minimum atomic E-state index is -4.49. The lowest BCUT2D eigenvalue weighted by molar-refractivity contribution is -0.149. The predicted molar refractivity (Wildman–Crippen MR) is 87.4 cm³/mol. The summed E-state index contributed by atoms with van der Waals surface area (Å²) in [4.78, 5) is 17.7. The maximum absolute atomic E-state index is 13.2. The van der Waals surface area contributed by atoms with Gasteiger partial charge in [-0.3, -0.25) is 9.48 Å². The summed E-state index contributed by atoms with van der Waals surface area (Å²) >= 11 is 0. The fourth-order valence-electron chi connectivity index (χ4n) is 3.02. The average Bonchev–Trinajstić information content (AvgIpc) is 3.14. The van der Waals surface area contributed by atoms with Crippen molar-refractivity contribution in [2.75, 3.05) is 24.6 Å². The van der Waals surface area contributed by atoms with Gasteiger partial charge >= 0.3 is 12.1 Å². The molecule has 0 aromatic carbocycles. The van der Waals surface area contributed by atoms with Gasteiger partial charge < -0.3 is 9.64 Å². The van der Waals surface area contributed by atoms with Crippen LogP contribution in [0.3, 0.4) is 0 Å². The largest absolute Gasteiger partial charge is 0.463 e. The zero-order valence-corrected chi connectivity index (χ0v) is 14.0. The van der Waals surface area contributed by atoms with E-state index in [2.05, 4.69) is 10.1 Å². The summed E-state index contributed by atoms with van der Waals surface area (Å²) in [5, 5.41) is 4.01. The SMILES string of the molecule is O=C(OCCn1cccn1)C1CCCN(c2ncccc2C(F)(F)F)C1. The van der Waals surface area contributed by atoms with E-state index in [1.54, 1.807) is 23.1 Å². The van der Waals surface area contributed by atoms with E-state index in [4.69, 9.17) is 4.74 Å². The lowest BCUT2D eigenvalue weighted by Gasteiger charge is -2.33. The molecule has 0 radical (unpaired) electrons. The summed E-state index contributed by atoms with van der Waals surface area (Å²) in [7, 11) is 0. The molecular formula is C17H19F3N4O2.